The van der Waals surface area contributed by atoms with Crippen LogP contribution in [0.5, 0.6) is 0 Å². The standard InChI is InChI=1S/C13H21N7/c1-9-6-15-19(8-9)11(3)10(2)14-7-13-16-17-18-20(13)12-4-5-12/h6,8,10-12,14H,4-5,7H2,1-3H3/t10-,11-/m0/s1. The normalized spacial score (nSPS) is 18.1. The lowest BCUT2D eigenvalue weighted by molar-refractivity contribution is 0.359. The van der Waals surface area contributed by atoms with E-state index in [1.807, 2.05) is 15.6 Å². The Kier molecular flexibility index (Phi) is 3.52. The van der Waals surface area contributed by atoms with E-state index in [-0.39, 0.29) is 6.04 Å². The maximum absolute atomic E-state index is 4.37. The molecule has 108 valence electrons. The van der Waals surface area contributed by atoms with Crippen LogP contribution in [0, 0.1) is 6.92 Å². The Morgan fingerprint density at radius 2 is 2.20 bits per heavy atom. The number of aromatic nitrogens is 6. The maximum atomic E-state index is 4.37. The van der Waals surface area contributed by atoms with Gasteiger partial charge in [-0.1, -0.05) is 0 Å². The van der Waals surface area contributed by atoms with E-state index in [4.69, 9.17) is 0 Å². The second-order valence-corrected chi connectivity index (χ2v) is 5.68. The first-order valence-electron chi connectivity index (χ1n) is 7.16. The van der Waals surface area contributed by atoms with Crippen LogP contribution in [0.25, 0.3) is 0 Å². The van der Waals surface area contributed by atoms with E-state index in [1.165, 1.54) is 18.4 Å². The second kappa shape index (κ2) is 5.32. The Morgan fingerprint density at radius 3 is 2.85 bits per heavy atom. The molecule has 0 aromatic carbocycles. The van der Waals surface area contributed by atoms with Crippen LogP contribution in [0.15, 0.2) is 12.4 Å². The topological polar surface area (TPSA) is 73.5 Å². The van der Waals surface area contributed by atoms with Crippen LogP contribution in [-0.2, 0) is 6.54 Å². The van der Waals surface area contributed by atoms with Gasteiger partial charge < -0.3 is 5.32 Å². The Morgan fingerprint density at radius 1 is 1.40 bits per heavy atom. The van der Waals surface area contributed by atoms with Crippen molar-refractivity contribution in [2.75, 3.05) is 0 Å². The molecule has 0 saturated heterocycles. The molecule has 0 bridgehead atoms. The van der Waals surface area contributed by atoms with E-state index in [9.17, 15) is 0 Å². The number of nitrogens with zero attached hydrogens (tertiary/aromatic N) is 6. The number of aryl methyl sites for hydroxylation is 1. The van der Waals surface area contributed by atoms with Crippen LogP contribution in [0.3, 0.4) is 0 Å². The number of nitrogens with one attached hydrogen (secondary N) is 1. The van der Waals surface area contributed by atoms with Gasteiger partial charge in [0.2, 0.25) is 0 Å². The quantitative estimate of drug-likeness (QED) is 0.859. The van der Waals surface area contributed by atoms with Gasteiger partial charge in [-0.2, -0.15) is 5.10 Å². The molecule has 1 fully saturated rings. The minimum atomic E-state index is 0.286. The van der Waals surface area contributed by atoms with E-state index in [0.717, 1.165) is 5.82 Å². The van der Waals surface area contributed by atoms with Crippen molar-refractivity contribution in [3.8, 4) is 0 Å². The van der Waals surface area contributed by atoms with Crippen LogP contribution < -0.4 is 5.32 Å². The Hall–Kier alpha value is -1.76. The van der Waals surface area contributed by atoms with E-state index in [0.29, 0.717) is 18.6 Å². The van der Waals surface area contributed by atoms with Crippen LogP contribution in [0.1, 0.15) is 50.2 Å². The van der Waals surface area contributed by atoms with Gasteiger partial charge in [0.1, 0.15) is 0 Å². The molecule has 0 radical (unpaired) electrons. The van der Waals surface area contributed by atoms with Gasteiger partial charge in [0.25, 0.3) is 0 Å². The van der Waals surface area contributed by atoms with Gasteiger partial charge in [-0.3, -0.25) is 4.68 Å². The van der Waals surface area contributed by atoms with Gasteiger partial charge in [-0.05, 0) is 49.6 Å². The molecule has 3 rings (SSSR count). The first-order chi connectivity index (χ1) is 9.65. The number of rotatable bonds is 6. The number of hydrogen-bond acceptors (Lipinski definition) is 5. The first-order valence-corrected chi connectivity index (χ1v) is 7.16. The van der Waals surface area contributed by atoms with Gasteiger partial charge in [-0.25, -0.2) is 4.68 Å². The van der Waals surface area contributed by atoms with E-state index in [2.05, 4.69) is 52.9 Å². The summed E-state index contributed by atoms with van der Waals surface area (Å²) < 4.78 is 3.94. The largest absolute Gasteiger partial charge is 0.305 e. The smallest absolute Gasteiger partial charge is 0.165 e. The molecule has 1 aliphatic carbocycles. The van der Waals surface area contributed by atoms with Crippen LogP contribution in [-0.4, -0.2) is 36.0 Å². The van der Waals surface area contributed by atoms with E-state index < -0.39 is 0 Å². The Balaban J connectivity index is 1.58. The summed E-state index contributed by atoms with van der Waals surface area (Å²) in [5.74, 6) is 0.920. The van der Waals surface area contributed by atoms with Gasteiger partial charge in [0, 0.05) is 12.2 Å². The van der Waals surface area contributed by atoms with Crippen molar-refractivity contribution in [2.45, 2.75) is 58.3 Å². The fraction of sp³-hybridized carbons (Fsp3) is 0.692. The van der Waals surface area contributed by atoms with Crippen molar-refractivity contribution in [2.24, 2.45) is 0 Å². The SMILES string of the molecule is Cc1cnn([C@@H](C)[C@H](C)NCc2nnnn2C2CC2)c1. The molecule has 7 heteroatoms. The molecular weight excluding hydrogens is 254 g/mol. The maximum Gasteiger partial charge on any atom is 0.165 e. The molecule has 1 saturated carbocycles. The lowest BCUT2D eigenvalue weighted by atomic mass is 10.2. The summed E-state index contributed by atoms with van der Waals surface area (Å²) in [6.45, 7) is 7.06. The van der Waals surface area contributed by atoms with Crippen molar-refractivity contribution < 1.29 is 0 Å². The highest BCUT2D eigenvalue weighted by atomic mass is 15.6. The minimum absolute atomic E-state index is 0.286. The third-order valence-electron chi connectivity index (χ3n) is 3.91. The van der Waals surface area contributed by atoms with Crippen LogP contribution in [0.4, 0.5) is 0 Å². The second-order valence-electron chi connectivity index (χ2n) is 5.68. The van der Waals surface area contributed by atoms with Gasteiger partial charge >= 0.3 is 0 Å². The average Bonchev–Trinajstić information content (AvgIpc) is 3.02. The molecule has 0 spiro atoms. The van der Waals surface area contributed by atoms with Crippen LogP contribution >= 0.6 is 0 Å². The summed E-state index contributed by atoms with van der Waals surface area (Å²) >= 11 is 0. The highest BCUT2D eigenvalue weighted by molar-refractivity contribution is 5.01. The third kappa shape index (κ3) is 2.72. The third-order valence-corrected chi connectivity index (χ3v) is 3.91. The summed E-state index contributed by atoms with van der Waals surface area (Å²) in [5, 5.41) is 19.8. The Bertz CT molecular complexity index is 569. The summed E-state index contributed by atoms with van der Waals surface area (Å²) in [5.41, 5.74) is 1.18. The fourth-order valence-corrected chi connectivity index (χ4v) is 2.24. The highest BCUT2D eigenvalue weighted by Gasteiger charge is 2.27. The Labute approximate surface area is 118 Å². The van der Waals surface area contributed by atoms with Gasteiger partial charge in [0.15, 0.2) is 5.82 Å². The molecule has 2 heterocycles. The summed E-state index contributed by atoms with van der Waals surface area (Å²) in [6, 6.07) is 1.09. The number of hydrogen-bond donors (Lipinski definition) is 1. The zero-order valence-electron chi connectivity index (χ0n) is 12.2. The molecule has 0 amide bonds. The average molecular weight is 275 g/mol. The highest BCUT2D eigenvalue weighted by Crippen LogP contribution is 2.34. The van der Waals surface area contributed by atoms with Gasteiger partial charge in [-0.15, -0.1) is 5.10 Å². The van der Waals surface area contributed by atoms with Crippen molar-refractivity contribution in [1.82, 2.24) is 35.3 Å². The van der Waals surface area contributed by atoms with Crippen molar-refractivity contribution in [3.63, 3.8) is 0 Å². The lowest BCUT2D eigenvalue weighted by Crippen LogP contribution is -2.34. The molecule has 0 unspecified atom stereocenters. The summed E-state index contributed by atoms with van der Waals surface area (Å²) in [7, 11) is 0. The van der Waals surface area contributed by atoms with Crippen molar-refractivity contribution >= 4 is 0 Å². The molecule has 7 nitrogen and oxygen atoms in total. The van der Waals surface area contributed by atoms with E-state index >= 15 is 0 Å². The molecule has 20 heavy (non-hydrogen) atoms. The monoisotopic (exact) mass is 275 g/mol. The predicted octanol–water partition coefficient (Wildman–Crippen LogP) is 1.25. The van der Waals surface area contributed by atoms with E-state index in [1.54, 1.807) is 0 Å². The van der Waals surface area contributed by atoms with Crippen LogP contribution in [0.2, 0.25) is 0 Å². The first kappa shape index (κ1) is 13.2. The summed E-state index contributed by atoms with van der Waals surface area (Å²) in [6.07, 6.45) is 6.33. The molecule has 1 N–H and O–H groups in total. The molecular formula is C13H21N7. The molecule has 2 aromatic heterocycles. The molecule has 0 aliphatic heterocycles. The molecule has 1 aliphatic rings. The predicted molar refractivity (Wildman–Crippen MR) is 74.1 cm³/mol. The lowest BCUT2D eigenvalue weighted by Gasteiger charge is -2.21. The van der Waals surface area contributed by atoms with Crippen molar-refractivity contribution in [3.05, 3.63) is 23.8 Å². The zero-order chi connectivity index (χ0) is 14.1. The fourth-order valence-electron chi connectivity index (χ4n) is 2.24. The summed E-state index contributed by atoms with van der Waals surface area (Å²) in [4.78, 5) is 0. The number of tetrazole rings is 1. The molecule has 2 atom stereocenters. The minimum Gasteiger partial charge on any atom is -0.305 e. The van der Waals surface area contributed by atoms with Gasteiger partial charge in [0.05, 0.1) is 24.8 Å². The van der Waals surface area contributed by atoms with Crippen molar-refractivity contribution in [1.29, 1.82) is 0 Å². The zero-order valence-corrected chi connectivity index (χ0v) is 12.2. The molecule has 2 aromatic rings.